The Hall–Kier alpha value is -2.46. The van der Waals surface area contributed by atoms with Gasteiger partial charge in [-0.3, -0.25) is 4.79 Å². The molecule has 0 aliphatic rings. The van der Waals surface area contributed by atoms with Crippen LogP contribution >= 0.6 is 0 Å². The van der Waals surface area contributed by atoms with Gasteiger partial charge < -0.3 is 10.2 Å². The lowest BCUT2D eigenvalue weighted by molar-refractivity contribution is -0.140. The van der Waals surface area contributed by atoms with E-state index in [0.717, 1.165) is 16.7 Å². The van der Waals surface area contributed by atoms with Crippen LogP contribution in [0.5, 0.6) is 0 Å². The minimum atomic E-state index is -1.19. The normalized spacial score (nSPS) is 11.4. The first-order valence-electron chi connectivity index (χ1n) is 6.85. The monoisotopic (exact) mass is 302 g/mol. The minimum Gasteiger partial charge on any atom is -0.480 e. The lowest BCUT2D eigenvalue weighted by Crippen LogP contribution is -1.98. The van der Waals surface area contributed by atoms with Gasteiger partial charge in [-0.1, -0.05) is 54.1 Å². The van der Waals surface area contributed by atoms with E-state index < -0.39 is 12.6 Å². The highest BCUT2D eigenvalue weighted by atomic mass is 16.4. The van der Waals surface area contributed by atoms with Crippen molar-refractivity contribution < 1.29 is 19.8 Å². The van der Waals surface area contributed by atoms with E-state index in [-0.39, 0.29) is 5.78 Å². The number of carbonyl (C=O) groups excluding carboxylic acids is 1. The number of rotatable bonds is 5. The molecule has 0 atom stereocenters. The van der Waals surface area contributed by atoms with Crippen LogP contribution in [-0.4, -0.2) is 28.6 Å². The van der Waals surface area contributed by atoms with Crippen LogP contribution in [0.3, 0.4) is 0 Å². The zero-order valence-electron chi connectivity index (χ0n) is 13.1. The number of aliphatic hydroxyl groups is 1. The van der Waals surface area contributed by atoms with Gasteiger partial charge in [0.05, 0.1) is 0 Å². The van der Waals surface area contributed by atoms with Crippen LogP contribution in [-0.2, 0) is 4.79 Å². The van der Waals surface area contributed by atoms with E-state index in [1.807, 2.05) is 69.3 Å². The molecule has 0 bridgehead atoms. The molecule has 0 saturated heterocycles. The summed E-state index contributed by atoms with van der Waals surface area (Å²) >= 11 is 0. The molecule has 0 unspecified atom stereocenters. The number of hydrogen-bond acceptors (Lipinski definition) is 3. The van der Waals surface area contributed by atoms with Crippen molar-refractivity contribution in [3.8, 4) is 0 Å². The van der Waals surface area contributed by atoms with E-state index in [1.165, 1.54) is 0 Å². The summed E-state index contributed by atoms with van der Waals surface area (Å²) in [7, 11) is 0. The van der Waals surface area contributed by atoms with Gasteiger partial charge in [-0.15, -0.1) is 0 Å². The van der Waals surface area contributed by atoms with Crippen LogP contribution < -0.4 is 0 Å². The summed E-state index contributed by atoms with van der Waals surface area (Å²) in [4.78, 5) is 21.0. The quantitative estimate of drug-likeness (QED) is 0.497. The fourth-order valence-electron chi connectivity index (χ4n) is 1.43. The smallest absolute Gasteiger partial charge is 0.329 e. The lowest BCUT2D eigenvalue weighted by atomic mass is 10.1. The van der Waals surface area contributed by atoms with Gasteiger partial charge in [0.25, 0.3) is 0 Å². The highest BCUT2D eigenvalue weighted by Crippen LogP contribution is 2.06. The standard InChI is InChI=1S/C16H18O.C2H4O3/c1-4-6-14(5-2)9-12-16(17)15-10-7-13(3)8-11-15;3-1-2(4)5/h4-12H,1-3H3;3H,1H2,(H,4,5)/b6-4-,12-9+,14-5+;. The van der Waals surface area contributed by atoms with Crippen molar-refractivity contribution in [3.63, 3.8) is 0 Å². The number of carboxylic acid groups (broad SMARTS) is 1. The maximum Gasteiger partial charge on any atom is 0.329 e. The van der Waals surface area contributed by atoms with Gasteiger partial charge in [-0.2, -0.15) is 0 Å². The molecule has 4 heteroatoms. The Bertz CT molecular complexity index is 563. The molecule has 0 amide bonds. The number of carbonyl (C=O) groups is 2. The third kappa shape index (κ3) is 8.66. The predicted molar refractivity (Wildman–Crippen MR) is 87.9 cm³/mol. The van der Waals surface area contributed by atoms with Crippen molar-refractivity contribution in [2.75, 3.05) is 6.61 Å². The van der Waals surface area contributed by atoms with Crippen LogP contribution in [0, 0.1) is 6.92 Å². The molecule has 0 saturated carbocycles. The fourth-order valence-corrected chi connectivity index (χ4v) is 1.43. The second kappa shape index (κ2) is 11.2. The fraction of sp³-hybridized carbons (Fsp3) is 0.222. The Balaban J connectivity index is 0.000000763. The zero-order chi connectivity index (χ0) is 17.0. The van der Waals surface area contributed by atoms with Crippen LogP contribution in [0.4, 0.5) is 0 Å². The van der Waals surface area contributed by atoms with E-state index >= 15 is 0 Å². The van der Waals surface area contributed by atoms with E-state index in [0.29, 0.717) is 0 Å². The molecule has 1 aromatic carbocycles. The molecule has 0 aliphatic carbocycles. The summed E-state index contributed by atoms with van der Waals surface area (Å²) in [5, 5.41) is 15.0. The Labute approximate surface area is 131 Å². The number of hydrogen-bond donors (Lipinski definition) is 2. The molecule has 2 N–H and O–H groups in total. The number of aryl methyl sites for hydroxylation is 1. The topological polar surface area (TPSA) is 74.6 Å². The third-order valence-corrected chi connectivity index (χ3v) is 2.59. The minimum absolute atomic E-state index is 0.0360. The van der Waals surface area contributed by atoms with Gasteiger partial charge >= 0.3 is 5.97 Å². The van der Waals surface area contributed by atoms with Crippen molar-refractivity contribution in [2.45, 2.75) is 20.8 Å². The largest absolute Gasteiger partial charge is 0.480 e. The average Bonchev–Trinajstić information content (AvgIpc) is 2.52. The van der Waals surface area contributed by atoms with Gasteiger partial charge in [0.2, 0.25) is 0 Å². The van der Waals surface area contributed by atoms with Crippen molar-refractivity contribution in [3.05, 3.63) is 71.3 Å². The molecule has 1 rings (SSSR count). The number of benzene rings is 1. The van der Waals surface area contributed by atoms with Crippen LogP contribution in [0.1, 0.15) is 29.8 Å². The molecule has 0 aliphatic heterocycles. The van der Waals surface area contributed by atoms with E-state index in [4.69, 9.17) is 15.0 Å². The number of aliphatic hydroxyl groups excluding tert-OH is 1. The summed E-state index contributed by atoms with van der Waals surface area (Å²) in [6.07, 6.45) is 9.34. The molecule has 4 nitrogen and oxygen atoms in total. The van der Waals surface area contributed by atoms with Crippen molar-refractivity contribution in [1.82, 2.24) is 0 Å². The third-order valence-electron chi connectivity index (χ3n) is 2.59. The van der Waals surface area contributed by atoms with E-state index in [2.05, 4.69) is 0 Å². The van der Waals surface area contributed by atoms with Crippen molar-refractivity contribution in [1.29, 1.82) is 0 Å². The predicted octanol–water partition coefficient (Wildman–Crippen LogP) is 3.32. The second-order valence-electron chi connectivity index (χ2n) is 4.40. The van der Waals surface area contributed by atoms with Crippen molar-refractivity contribution in [2.24, 2.45) is 0 Å². The Morgan fingerprint density at radius 1 is 1.05 bits per heavy atom. The highest BCUT2D eigenvalue weighted by molar-refractivity contribution is 6.04. The zero-order valence-corrected chi connectivity index (χ0v) is 13.1. The first-order chi connectivity index (χ1) is 10.4. The summed E-state index contributed by atoms with van der Waals surface area (Å²) in [5.41, 5.74) is 2.92. The molecule has 0 fully saturated rings. The van der Waals surface area contributed by atoms with Crippen molar-refractivity contribution >= 4 is 11.8 Å². The van der Waals surface area contributed by atoms with Crippen LogP contribution in [0.25, 0.3) is 0 Å². The van der Waals surface area contributed by atoms with Gasteiger partial charge in [0.15, 0.2) is 5.78 Å². The molecule has 118 valence electrons. The molecule has 22 heavy (non-hydrogen) atoms. The maximum atomic E-state index is 11.8. The Morgan fingerprint density at radius 3 is 2.00 bits per heavy atom. The summed E-state index contributed by atoms with van der Waals surface area (Å²) in [5.74, 6) is -1.15. The summed E-state index contributed by atoms with van der Waals surface area (Å²) < 4.78 is 0. The summed E-state index contributed by atoms with van der Waals surface area (Å²) in [6.45, 7) is 5.14. The first kappa shape index (κ1) is 19.5. The number of allylic oxidation sites excluding steroid dienone is 6. The number of carboxylic acids is 1. The van der Waals surface area contributed by atoms with E-state index in [9.17, 15) is 4.79 Å². The SMILES string of the molecule is C\C=C/C(/C=C/C(=O)c1ccc(C)cc1)=C\C.O=C(O)CO. The molecule has 0 aromatic heterocycles. The Morgan fingerprint density at radius 2 is 1.59 bits per heavy atom. The van der Waals surface area contributed by atoms with E-state index in [1.54, 1.807) is 6.08 Å². The molecular formula is C18H22O4. The van der Waals surface area contributed by atoms with Gasteiger partial charge in [0.1, 0.15) is 6.61 Å². The average molecular weight is 302 g/mol. The maximum absolute atomic E-state index is 11.8. The van der Waals surface area contributed by atoms with Crippen LogP contribution in [0.2, 0.25) is 0 Å². The Kier molecular flexibility index (Phi) is 9.97. The first-order valence-corrected chi connectivity index (χ1v) is 6.85. The lowest BCUT2D eigenvalue weighted by Gasteiger charge is -1.97. The molecule has 0 radical (unpaired) electrons. The highest BCUT2D eigenvalue weighted by Gasteiger charge is 2.00. The molecule has 1 aromatic rings. The molecule has 0 spiro atoms. The number of aliphatic carboxylic acids is 1. The summed E-state index contributed by atoms with van der Waals surface area (Å²) in [6, 6.07) is 7.60. The molecular weight excluding hydrogens is 280 g/mol. The van der Waals surface area contributed by atoms with Gasteiger partial charge in [-0.05, 0) is 32.4 Å². The second-order valence-corrected chi connectivity index (χ2v) is 4.40. The number of ketones is 1. The van der Waals surface area contributed by atoms with Gasteiger partial charge in [0, 0.05) is 5.56 Å². The van der Waals surface area contributed by atoms with Gasteiger partial charge in [-0.25, -0.2) is 4.79 Å². The molecule has 0 heterocycles. The van der Waals surface area contributed by atoms with Crippen LogP contribution in [0.15, 0.2) is 60.2 Å².